The van der Waals surface area contributed by atoms with Crippen molar-refractivity contribution in [1.82, 2.24) is 24.9 Å². The Morgan fingerprint density at radius 2 is 1.82 bits per heavy atom. The Morgan fingerprint density at radius 1 is 1.04 bits per heavy atom. The Bertz CT molecular complexity index is 1050. The molecule has 0 aliphatic carbocycles. The summed E-state index contributed by atoms with van der Waals surface area (Å²) in [5.41, 5.74) is 1.88. The number of thioether (sulfide) groups is 1. The highest BCUT2D eigenvalue weighted by molar-refractivity contribution is 7.98. The summed E-state index contributed by atoms with van der Waals surface area (Å²) in [5.74, 6) is 2.06. The molecule has 2 heterocycles. The summed E-state index contributed by atoms with van der Waals surface area (Å²) < 4.78 is 20.4. The van der Waals surface area contributed by atoms with Crippen molar-refractivity contribution in [3.8, 4) is 11.5 Å². The molecule has 8 heteroatoms. The SMILES string of the molecule is CCn1c(Cc2ccccc2)nnc1SCc1noc(-c2ccc(F)cc2)n1. The molecule has 0 aliphatic rings. The third-order valence-corrected chi connectivity index (χ3v) is 5.17. The minimum atomic E-state index is -0.302. The third kappa shape index (κ3) is 4.12. The van der Waals surface area contributed by atoms with Crippen LogP contribution < -0.4 is 0 Å². The molecule has 2 aromatic heterocycles. The monoisotopic (exact) mass is 395 g/mol. The molecule has 0 saturated heterocycles. The Labute approximate surface area is 165 Å². The lowest BCUT2D eigenvalue weighted by Crippen LogP contribution is -2.04. The van der Waals surface area contributed by atoms with E-state index >= 15 is 0 Å². The van der Waals surface area contributed by atoms with Crippen molar-refractivity contribution in [3.05, 3.63) is 77.6 Å². The number of halogens is 1. The van der Waals surface area contributed by atoms with E-state index in [1.165, 1.54) is 29.5 Å². The third-order valence-electron chi connectivity index (χ3n) is 4.20. The second kappa shape index (κ2) is 8.35. The Kier molecular flexibility index (Phi) is 5.48. The lowest BCUT2D eigenvalue weighted by atomic mass is 10.1. The summed E-state index contributed by atoms with van der Waals surface area (Å²) in [4.78, 5) is 4.38. The van der Waals surface area contributed by atoms with Crippen LogP contribution in [0.2, 0.25) is 0 Å². The van der Waals surface area contributed by atoms with E-state index in [0.29, 0.717) is 23.0 Å². The van der Waals surface area contributed by atoms with Gasteiger partial charge in [-0.25, -0.2) is 4.39 Å². The first-order chi connectivity index (χ1) is 13.7. The first-order valence-electron chi connectivity index (χ1n) is 8.90. The molecule has 0 saturated carbocycles. The van der Waals surface area contributed by atoms with E-state index in [1.807, 2.05) is 18.2 Å². The van der Waals surface area contributed by atoms with Crippen LogP contribution in [0.25, 0.3) is 11.5 Å². The molecular weight excluding hydrogens is 377 g/mol. The van der Waals surface area contributed by atoms with Crippen LogP contribution in [0.15, 0.2) is 64.3 Å². The van der Waals surface area contributed by atoms with Gasteiger partial charge in [0.25, 0.3) is 5.89 Å². The van der Waals surface area contributed by atoms with Crippen LogP contribution in [0.3, 0.4) is 0 Å². The molecule has 0 fully saturated rings. The second-order valence-electron chi connectivity index (χ2n) is 6.12. The second-order valence-corrected chi connectivity index (χ2v) is 7.06. The Morgan fingerprint density at radius 3 is 2.57 bits per heavy atom. The number of benzene rings is 2. The fourth-order valence-corrected chi connectivity index (χ4v) is 3.67. The van der Waals surface area contributed by atoms with Crippen molar-refractivity contribution in [2.75, 3.05) is 0 Å². The van der Waals surface area contributed by atoms with Gasteiger partial charge in [-0.3, -0.25) is 0 Å². The predicted octanol–water partition coefficient (Wildman–Crippen LogP) is 4.37. The highest BCUT2D eigenvalue weighted by Crippen LogP contribution is 2.24. The van der Waals surface area contributed by atoms with Gasteiger partial charge in [-0.1, -0.05) is 47.3 Å². The molecule has 4 rings (SSSR count). The molecule has 0 spiro atoms. The Hall–Kier alpha value is -3.00. The number of rotatable bonds is 7. The summed E-state index contributed by atoms with van der Waals surface area (Å²) in [5, 5.41) is 13.5. The van der Waals surface area contributed by atoms with Gasteiger partial charge in [0.05, 0.1) is 5.75 Å². The smallest absolute Gasteiger partial charge is 0.257 e. The first kappa shape index (κ1) is 18.4. The molecule has 0 aliphatic heterocycles. The summed E-state index contributed by atoms with van der Waals surface area (Å²) in [7, 11) is 0. The zero-order valence-corrected chi connectivity index (χ0v) is 16.1. The number of hydrogen-bond acceptors (Lipinski definition) is 6. The molecule has 0 unspecified atom stereocenters. The first-order valence-corrected chi connectivity index (χ1v) is 9.89. The predicted molar refractivity (Wildman–Crippen MR) is 104 cm³/mol. The number of hydrogen-bond donors (Lipinski definition) is 0. The molecule has 0 radical (unpaired) electrons. The highest BCUT2D eigenvalue weighted by Gasteiger charge is 2.14. The standard InChI is InChI=1S/C20H18FN5OS/c1-2-26-18(12-14-6-4-3-5-7-14)23-24-20(26)28-13-17-22-19(27-25-17)15-8-10-16(21)11-9-15/h3-11H,2,12-13H2,1H3. The zero-order chi connectivity index (χ0) is 19.3. The van der Waals surface area contributed by atoms with Crippen LogP contribution in [0, 0.1) is 5.82 Å². The van der Waals surface area contributed by atoms with Gasteiger partial charge in [0.1, 0.15) is 11.6 Å². The summed E-state index contributed by atoms with van der Waals surface area (Å²) >= 11 is 1.51. The molecule has 0 N–H and O–H groups in total. The van der Waals surface area contributed by atoms with Gasteiger partial charge < -0.3 is 9.09 Å². The van der Waals surface area contributed by atoms with Crippen molar-refractivity contribution in [3.63, 3.8) is 0 Å². The largest absolute Gasteiger partial charge is 0.334 e. The van der Waals surface area contributed by atoms with Gasteiger partial charge in [-0.05, 0) is 36.8 Å². The van der Waals surface area contributed by atoms with E-state index in [2.05, 4.69) is 44.0 Å². The fourth-order valence-electron chi connectivity index (χ4n) is 2.80. The minimum Gasteiger partial charge on any atom is -0.334 e. The van der Waals surface area contributed by atoms with Crippen molar-refractivity contribution in [2.24, 2.45) is 0 Å². The van der Waals surface area contributed by atoms with Gasteiger partial charge in [-0.2, -0.15) is 4.98 Å². The maximum absolute atomic E-state index is 13.0. The molecular formula is C20H18FN5OS. The van der Waals surface area contributed by atoms with E-state index < -0.39 is 0 Å². The molecule has 2 aromatic carbocycles. The fraction of sp³-hybridized carbons (Fsp3) is 0.200. The van der Waals surface area contributed by atoms with Gasteiger partial charge in [0.2, 0.25) is 0 Å². The summed E-state index contributed by atoms with van der Waals surface area (Å²) in [6, 6.07) is 16.2. The number of nitrogens with zero attached hydrogens (tertiary/aromatic N) is 5. The zero-order valence-electron chi connectivity index (χ0n) is 15.2. The van der Waals surface area contributed by atoms with E-state index in [0.717, 1.165) is 23.9 Å². The van der Waals surface area contributed by atoms with E-state index in [4.69, 9.17) is 4.52 Å². The van der Waals surface area contributed by atoms with Crippen molar-refractivity contribution >= 4 is 11.8 Å². The quantitative estimate of drug-likeness (QED) is 0.433. The molecule has 0 amide bonds. The van der Waals surface area contributed by atoms with Gasteiger partial charge in [0.15, 0.2) is 11.0 Å². The summed E-state index contributed by atoms with van der Waals surface area (Å²) in [6.45, 7) is 2.85. The Balaban J connectivity index is 1.44. The molecule has 0 atom stereocenters. The molecule has 6 nitrogen and oxygen atoms in total. The lowest BCUT2D eigenvalue weighted by molar-refractivity contribution is 0.425. The average Bonchev–Trinajstić information content (AvgIpc) is 3.34. The topological polar surface area (TPSA) is 69.6 Å². The van der Waals surface area contributed by atoms with Gasteiger partial charge in [-0.15, -0.1) is 10.2 Å². The maximum atomic E-state index is 13.0. The van der Waals surface area contributed by atoms with E-state index in [1.54, 1.807) is 12.1 Å². The van der Waals surface area contributed by atoms with E-state index in [-0.39, 0.29) is 5.82 Å². The van der Waals surface area contributed by atoms with Crippen LogP contribution in [0.4, 0.5) is 4.39 Å². The average molecular weight is 395 g/mol. The molecule has 28 heavy (non-hydrogen) atoms. The van der Waals surface area contributed by atoms with Crippen LogP contribution >= 0.6 is 11.8 Å². The van der Waals surface area contributed by atoms with E-state index in [9.17, 15) is 4.39 Å². The van der Waals surface area contributed by atoms with Crippen molar-refractivity contribution in [1.29, 1.82) is 0 Å². The van der Waals surface area contributed by atoms with Gasteiger partial charge in [0, 0.05) is 18.5 Å². The lowest BCUT2D eigenvalue weighted by Gasteiger charge is -2.06. The highest BCUT2D eigenvalue weighted by atomic mass is 32.2. The minimum absolute atomic E-state index is 0.302. The summed E-state index contributed by atoms with van der Waals surface area (Å²) in [6.07, 6.45) is 0.735. The van der Waals surface area contributed by atoms with Crippen LogP contribution in [-0.2, 0) is 18.7 Å². The van der Waals surface area contributed by atoms with Gasteiger partial charge >= 0.3 is 0 Å². The molecule has 142 valence electrons. The van der Waals surface area contributed by atoms with Crippen LogP contribution in [-0.4, -0.2) is 24.9 Å². The maximum Gasteiger partial charge on any atom is 0.257 e. The number of aromatic nitrogens is 5. The van der Waals surface area contributed by atoms with Crippen LogP contribution in [0.1, 0.15) is 24.1 Å². The van der Waals surface area contributed by atoms with Crippen LogP contribution in [0.5, 0.6) is 0 Å². The molecule has 4 aromatic rings. The molecule has 0 bridgehead atoms. The van der Waals surface area contributed by atoms with Crippen molar-refractivity contribution < 1.29 is 8.91 Å². The normalized spacial score (nSPS) is 11.1. The van der Waals surface area contributed by atoms with Crippen molar-refractivity contribution in [2.45, 2.75) is 30.8 Å².